The van der Waals surface area contributed by atoms with Crippen molar-refractivity contribution in [3.05, 3.63) is 64.9 Å². The quantitative estimate of drug-likeness (QED) is 0.593. The summed E-state index contributed by atoms with van der Waals surface area (Å²) in [5, 5.41) is 0.442. The lowest BCUT2D eigenvalue weighted by Crippen LogP contribution is -2.11. The van der Waals surface area contributed by atoms with Crippen molar-refractivity contribution in [2.24, 2.45) is 5.73 Å². The maximum atomic E-state index is 11.4. The molecule has 0 aliphatic rings. The lowest BCUT2D eigenvalue weighted by Gasteiger charge is -2.06. The van der Waals surface area contributed by atoms with Gasteiger partial charge in [-0.15, -0.1) is 0 Å². The Kier molecular flexibility index (Phi) is 3.77. The molecule has 4 rings (SSSR count). The zero-order chi connectivity index (χ0) is 18.4. The number of imidazole rings is 1. The highest BCUT2D eigenvalue weighted by Gasteiger charge is 2.20. The molecule has 26 heavy (non-hydrogen) atoms. The van der Waals surface area contributed by atoms with Gasteiger partial charge in [0, 0.05) is 29.8 Å². The first-order valence-electron chi connectivity index (χ1n) is 7.97. The second-order valence-electron chi connectivity index (χ2n) is 5.95. The number of nitrogens with two attached hydrogens (primary N) is 1. The SMILES string of the molecule is Cc1nc(C)c(-c2ccccc2-c2nc3cc(C(N)=O)ccn3c2Cl)o1. The van der Waals surface area contributed by atoms with Crippen molar-refractivity contribution in [3.8, 4) is 22.6 Å². The molecule has 4 aromatic rings. The molecule has 0 radical (unpaired) electrons. The minimum atomic E-state index is -0.513. The van der Waals surface area contributed by atoms with Gasteiger partial charge in [0.15, 0.2) is 11.7 Å². The van der Waals surface area contributed by atoms with Crippen molar-refractivity contribution in [2.45, 2.75) is 13.8 Å². The molecule has 0 bridgehead atoms. The first-order chi connectivity index (χ1) is 12.5. The van der Waals surface area contributed by atoms with E-state index in [-0.39, 0.29) is 0 Å². The molecule has 0 aliphatic heterocycles. The number of nitrogens with zero attached hydrogens (tertiary/aromatic N) is 3. The lowest BCUT2D eigenvalue weighted by atomic mass is 10.0. The molecule has 0 aliphatic carbocycles. The third kappa shape index (κ3) is 2.55. The first kappa shape index (κ1) is 16.4. The van der Waals surface area contributed by atoms with E-state index < -0.39 is 5.91 Å². The van der Waals surface area contributed by atoms with Crippen LogP contribution in [0.4, 0.5) is 0 Å². The molecule has 1 aromatic carbocycles. The van der Waals surface area contributed by atoms with Crippen LogP contribution in [0.2, 0.25) is 5.15 Å². The van der Waals surface area contributed by atoms with E-state index in [1.807, 2.05) is 38.1 Å². The number of rotatable bonds is 3. The topological polar surface area (TPSA) is 86.4 Å². The van der Waals surface area contributed by atoms with E-state index >= 15 is 0 Å². The lowest BCUT2D eigenvalue weighted by molar-refractivity contribution is 0.1000. The molecule has 2 N–H and O–H groups in total. The number of hydrogen-bond acceptors (Lipinski definition) is 4. The number of pyridine rings is 1. The van der Waals surface area contributed by atoms with E-state index in [1.54, 1.807) is 22.7 Å². The van der Waals surface area contributed by atoms with E-state index in [0.717, 1.165) is 16.8 Å². The highest BCUT2D eigenvalue weighted by Crippen LogP contribution is 2.37. The number of hydrogen-bond donors (Lipinski definition) is 1. The number of fused-ring (bicyclic) bond motifs is 1. The second-order valence-corrected chi connectivity index (χ2v) is 6.31. The van der Waals surface area contributed by atoms with Crippen LogP contribution in [0.3, 0.4) is 0 Å². The molecule has 0 saturated carbocycles. The molecule has 3 aromatic heterocycles. The van der Waals surface area contributed by atoms with Gasteiger partial charge in [-0.3, -0.25) is 9.20 Å². The van der Waals surface area contributed by atoms with Gasteiger partial charge in [0.1, 0.15) is 16.5 Å². The Bertz CT molecular complexity index is 1160. The molecule has 130 valence electrons. The second kappa shape index (κ2) is 6.00. The predicted octanol–water partition coefficient (Wildman–Crippen LogP) is 4.03. The largest absolute Gasteiger partial charge is 0.441 e. The zero-order valence-electron chi connectivity index (χ0n) is 14.2. The van der Waals surface area contributed by atoms with Crippen LogP contribution in [-0.4, -0.2) is 20.3 Å². The molecule has 3 heterocycles. The van der Waals surface area contributed by atoms with Crippen LogP contribution in [0.15, 0.2) is 47.0 Å². The summed E-state index contributed by atoms with van der Waals surface area (Å²) in [4.78, 5) is 20.4. The average molecular weight is 367 g/mol. The van der Waals surface area contributed by atoms with Gasteiger partial charge in [-0.25, -0.2) is 9.97 Å². The minimum absolute atomic E-state index is 0.376. The Hall–Kier alpha value is -3.12. The molecule has 0 saturated heterocycles. The Morgan fingerprint density at radius 3 is 2.54 bits per heavy atom. The van der Waals surface area contributed by atoms with Crippen LogP contribution in [0.25, 0.3) is 28.2 Å². The van der Waals surface area contributed by atoms with Crippen LogP contribution in [0, 0.1) is 13.8 Å². The monoisotopic (exact) mass is 366 g/mol. The van der Waals surface area contributed by atoms with Gasteiger partial charge < -0.3 is 10.2 Å². The number of halogens is 1. The minimum Gasteiger partial charge on any atom is -0.441 e. The van der Waals surface area contributed by atoms with E-state index in [1.165, 1.54) is 0 Å². The van der Waals surface area contributed by atoms with E-state index in [4.69, 9.17) is 21.8 Å². The Labute approximate surface area is 154 Å². The fourth-order valence-corrected chi connectivity index (χ4v) is 3.30. The number of oxazole rings is 1. The molecule has 0 unspecified atom stereocenters. The molecule has 0 atom stereocenters. The van der Waals surface area contributed by atoms with Crippen LogP contribution in [0.1, 0.15) is 21.9 Å². The summed E-state index contributed by atoms with van der Waals surface area (Å²) in [6.45, 7) is 3.70. The molecule has 1 amide bonds. The highest BCUT2D eigenvalue weighted by molar-refractivity contribution is 6.32. The standard InChI is InChI=1S/C19H15ClN4O2/c1-10-17(26-11(2)22-10)14-6-4-3-5-13(14)16-18(20)24-8-7-12(19(21)25)9-15(24)23-16/h3-9H,1-2H3,(H2,21,25). The maximum absolute atomic E-state index is 11.4. The predicted molar refractivity (Wildman–Crippen MR) is 99.1 cm³/mol. The first-order valence-corrected chi connectivity index (χ1v) is 8.34. The van der Waals surface area contributed by atoms with Crippen molar-refractivity contribution in [3.63, 3.8) is 0 Å². The summed E-state index contributed by atoms with van der Waals surface area (Å²) in [5.74, 6) is 0.768. The van der Waals surface area contributed by atoms with E-state index in [0.29, 0.717) is 33.7 Å². The average Bonchev–Trinajstić information content (AvgIpc) is 3.13. The summed E-state index contributed by atoms with van der Waals surface area (Å²) in [6.07, 6.45) is 1.68. The normalized spacial score (nSPS) is 11.2. The molecule has 7 heteroatoms. The molecular formula is C19H15ClN4O2. The number of aryl methyl sites for hydroxylation is 2. The van der Waals surface area contributed by atoms with Gasteiger partial charge in [-0.2, -0.15) is 0 Å². The number of carbonyl (C=O) groups is 1. The van der Waals surface area contributed by atoms with Crippen LogP contribution in [-0.2, 0) is 0 Å². The zero-order valence-corrected chi connectivity index (χ0v) is 14.9. The van der Waals surface area contributed by atoms with E-state index in [2.05, 4.69) is 9.97 Å². The number of aromatic nitrogens is 3. The number of amides is 1. The maximum Gasteiger partial charge on any atom is 0.248 e. The highest BCUT2D eigenvalue weighted by atomic mass is 35.5. The summed E-state index contributed by atoms with van der Waals surface area (Å²) >= 11 is 6.57. The van der Waals surface area contributed by atoms with Crippen molar-refractivity contribution in [1.29, 1.82) is 0 Å². The Balaban J connectivity index is 1.95. The van der Waals surface area contributed by atoms with Crippen LogP contribution >= 0.6 is 11.6 Å². The number of primary amides is 1. The fourth-order valence-electron chi connectivity index (χ4n) is 3.01. The summed E-state index contributed by atoms with van der Waals surface area (Å²) in [6, 6.07) is 10.9. The molecular weight excluding hydrogens is 352 g/mol. The van der Waals surface area contributed by atoms with Crippen molar-refractivity contribution >= 4 is 23.2 Å². The third-order valence-electron chi connectivity index (χ3n) is 4.18. The van der Waals surface area contributed by atoms with Gasteiger partial charge >= 0.3 is 0 Å². The third-order valence-corrected chi connectivity index (χ3v) is 4.54. The van der Waals surface area contributed by atoms with E-state index in [9.17, 15) is 4.79 Å². The van der Waals surface area contributed by atoms with Gasteiger partial charge in [0.2, 0.25) is 5.91 Å². The molecule has 0 fully saturated rings. The Morgan fingerprint density at radius 2 is 1.88 bits per heavy atom. The summed E-state index contributed by atoms with van der Waals surface area (Å²) in [7, 11) is 0. The summed E-state index contributed by atoms with van der Waals surface area (Å²) in [5.41, 5.74) is 9.34. The smallest absolute Gasteiger partial charge is 0.248 e. The van der Waals surface area contributed by atoms with Crippen molar-refractivity contribution in [1.82, 2.24) is 14.4 Å². The van der Waals surface area contributed by atoms with Crippen LogP contribution < -0.4 is 5.73 Å². The summed E-state index contributed by atoms with van der Waals surface area (Å²) < 4.78 is 7.48. The van der Waals surface area contributed by atoms with Crippen molar-refractivity contribution in [2.75, 3.05) is 0 Å². The van der Waals surface area contributed by atoms with Gasteiger partial charge in [0.05, 0.1) is 5.69 Å². The number of benzene rings is 1. The van der Waals surface area contributed by atoms with Crippen molar-refractivity contribution < 1.29 is 9.21 Å². The van der Waals surface area contributed by atoms with Gasteiger partial charge in [-0.1, -0.05) is 35.9 Å². The molecule has 0 spiro atoms. The van der Waals surface area contributed by atoms with Crippen LogP contribution in [0.5, 0.6) is 0 Å². The van der Waals surface area contributed by atoms with Gasteiger partial charge in [-0.05, 0) is 19.1 Å². The Morgan fingerprint density at radius 1 is 1.15 bits per heavy atom. The number of carbonyl (C=O) groups excluding carboxylic acids is 1. The molecule has 6 nitrogen and oxygen atoms in total. The fraction of sp³-hybridized carbons (Fsp3) is 0.105. The van der Waals surface area contributed by atoms with Gasteiger partial charge in [0.25, 0.3) is 0 Å².